The van der Waals surface area contributed by atoms with E-state index in [4.69, 9.17) is 4.74 Å². The van der Waals surface area contributed by atoms with Gasteiger partial charge in [-0.2, -0.15) is 0 Å². The molecule has 1 N–H and O–H groups in total. The van der Waals surface area contributed by atoms with Gasteiger partial charge in [0, 0.05) is 26.7 Å². The van der Waals surface area contributed by atoms with Crippen LogP contribution < -0.4 is 0 Å². The van der Waals surface area contributed by atoms with Crippen molar-refractivity contribution in [3.05, 3.63) is 0 Å². The summed E-state index contributed by atoms with van der Waals surface area (Å²) in [4.78, 5) is 26.1. The van der Waals surface area contributed by atoms with E-state index in [0.717, 1.165) is 4.90 Å². The molecule has 0 bridgehead atoms. The summed E-state index contributed by atoms with van der Waals surface area (Å²) >= 11 is 0. The van der Waals surface area contributed by atoms with Crippen molar-refractivity contribution in [3.63, 3.8) is 0 Å². The fraction of sp³-hybridized carbons (Fsp3) is 0.833. The van der Waals surface area contributed by atoms with Crippen LogP contribution in [0.25, 0.3) is 0 Å². The van der Waals surface area contributed by atoms with Gasteiger partial charge in [-0.05, 0) is 27.7 Å². The van der Waals surface area contributed by atoms with E-state index in [0.29, 0.717) is 0 Å². The summed E-state index contributed by atoms with van der Waals surface area (Å²) in [6, 6.07) is -0.859. The Morgan fingerprint density at radius 2 is 1.67 bits per heavy atom. The van der Waals surface area contributed by atoms with Crippen LogP contribution in [0.2, 0.25) is 0 Å². The van der Waals surface area contributed by atoms with Gasteiger partial charge in [0.15, 0.2) is 0 Å². The maximum atomic E-state index is 12.2. The normalized spacial score (nSPS) is 14.8. The third-order valence-corrected chi connectivity index (χ3v) is 2.72. The van der Waals surface area contributed by atoms with Crippen molar-refractivity contribution in [1.82, 2.24) is 9.80 Å². The van der Waals surface area contributed by atoms with Gasteiger partial charge in [-0.15, -0.1) is 0 Å². The molecule has 18 heavy (non-hydrogen) atoms. The van der Waals surface area contributed by atoms with E-state index in [1.807, 2.05) is 0 Å². The summed E-state index contributed by atoms with van der Waals surface area (Å²) in [6.07, 6.45) is -1.65. The lowest BCUT2D eigenvalue weighted by Gasteiger charge is -2.41. The van der Waals surface area contributed by atoms with Crippen LogP contribution in [0, 0.1) is 0 Å². The predicted molar refractivity (Wildman–Crippen MR) is 68.6 cm³/mol. The van der Waals surface area contributed by atoms with Gasteiger partial charge >= 0.3 is 6.09 Å². The minimum atomic E-state index is -1.13. The topological polar surface area (TPSA) is 70.1 Å². The van der Waals surface area contributed by atoms with Gasteiger partial charge in [-0.25, -0.2) is 4.79 Å². The van der Waals surface area contributed by atoms with E-state index >= 15 is 0 Å². The molecule has 0 saturated heterocycles. The molecular weight excluding hydrogens is 236 g/mol. The number of rotatable bonds is 4. The summed E-state index contributed by atoms with van der Waals surface area (Å²) in [6.45, 7) is 6.94. The lowest BCUT2D eigenvalue weighted by atomic mass is 10.00. The number of carbonyl (C=O) groups excluding carboxylic acids is 1. The average Bonchev–Trinajstić information content (AvgIpc) is 2.20. The molecule has 0 rings (SSSR count). The van der Waals surface area contributed by atoms with Gasteiger partial charge in [0.2, 0.25) is 5.91 Å². The molecule has 0 aromatic carbocycles. The minimum absolute atomic E-state index is 0.290. The molecule has 0 heterocycles. The smallest absolute Gasteiger partial charge is 0.408 e. The summed E-state index contributed by atoms with van der Waals surface area (Å²) in [5, 5.41) is 9.35. The molecule has 6 heteroatoms. The largest absolute Gasteiger partial charge is 0.465 e. The van der Waals surface area contributed by atoms with Crippen molar-refractivity contribution >= 4 is 12.0 Å². The molecule has 2 atom stereocenters. The molecular formula is C12H24N2O4. The molecule has 0 aliphatic rings. The molecule has 0 unspecified atom stereocenters. The van der Waals surface area contributed by atoms with Crippen LogP contribution in [0.5, 0.6) is 0 Å². The first-order chi connectivity index (χ1) is 8.03. The first-order valence-corrected chi connectivity index (χ1v) is 5.80. The second kappa shape index (κ2) is 6.04. The lowest BCUT2D eigenvalue weighted by Crippen LogP contribution is -2.60. The van der Waals surface area contributed by atoms with E-state index in [9.17, 15) is 14.7 Å². The second-order valence-corrected chi connectivity index (χ2v) is 5.44. The summed E-state index contributed by atoms with van der Waals surface area (Å²) in [5.74, 6) is -0.290. The van der Waals surface area contributed by atoms with E-state index in [1.165, 1.54) is 12.0 Å². The number of likely N-dealkylation sites (N-methyl/N-ethyl adjacent to an activating group) is 1. The van der Waals surface area contributed by atoms with E-state index < -0.39 is 23.8 Å². The summed E-state index contributed by atoms with van der Waals surface area (Å²) in [7, 11) is 4.66. The molecule has 0 radical (unpaired) electrons. The van der Waals surface area contributed by atoms with Crippen LogP contribution in [0.15, 0.2) is 0 Å². The Kier molecular flexibility index (Phi) is 5.60. The highest BCUT2D eigenvalue weighted by atomic mass is 16.5. The quantitative estimate of drug-likeness (QED) is 0.826. The molecule has 0 aliphatic carbocycles. The summed E-state index contributed by atoms with van der Waals surface area (Å²) in [5.41, 5.74) is -0.686. The third-order valence-electron chi connectivity index (χ3n) is 2.72. The number of ether oxygens (including phenoxy) is 1. The van der Waals surface area contributed by atoms with Gasteiger partial charge in [0.05, 0.1) is 6.10 Å². The van der Waals surface area contributed by atoms with Crippen molar-refractivity contribution in [2.24, 2.45) is 0 Å². The van der Waals surface area contributed by atoms with Crippen LogP contribution >= 0.6 is 0 Å². The third kappa shape index (κ3) is 3.87. The molecule has 2 amide bonds. The van der Waals surface area contributed by atoms with E-state index in [2.05, 4.69) is 0 Å². The number of carboxylic acid groups (broad SMARTS) is 1. The number of hydrogen-bond donors (Lipinski definition) is 1. The van der Waals surface area contributed by atoms with Crippen LogP contribution in [0.1, 0.15) is 27.7 Å². The van der Waals surface area contributed by atoms with Gasteiger partial charge in [0.25, 0.3) is 0 Å². The molecule has 106 valence electrons. The van der Waals surface area contributed by atoms with Crippen LogP contribution in [-0.2, 0) is 9.53 Å². The molecule has 0 fully saturated rings. The number of nitrogens with zero attached hydrogens (tertiary/aromatic N) is 2. The Hall–Kier alpha value is -1.30. The van der Waals surface area contributed by atoms with Crippen molar-refractivity contribution in [2.75, 3.05) is 21.2 Å². The van der Waals surface area contributed by atoms with E-state index in [-0.39, 0.29) is 5.91 Å². The van der Waals surface area contributed by atoms with Crippen LogP contribution in [0.3, 0.4) is 0 Å². The van der Waals surface area contributed by atoms with Crippen molar-refractivity contribution < 1.29 is 19.4 Å². The average molecular weight is 260 g/mol. The maximum Gasteiger partial charge on any atom is 0.408 e. The van der Waals surface area contributed by atoms with Crippen LogP contribution in [0.4, 0.5) is 4.79 Å². The van der Waals surface area contributed by atoms with Gasteiger partial charge in [-0.3, -0.25) is 9.69 Å². The molecule has 0 aliphatic heterocycles. The molecule has 0 saturated carbocycles. The van der Waals surface area contributed by atoms with Crippen molar-refractivity contribution in [3.8, 4) is 0 Å². The molecule has 0 aromatic rings. The fourth-order valence-corrected chi connectivity index (χ4v) is 1.74. The summed E-state index contributed by atoms with van der Waals surface area (Å²) < 4.78 is 5.16. The zero-order valence-electron chi connectivity index (χ0n) is 12.2. The van der Waals surface area contributed by atoms with Gasteiger partial charge in [0.1, 0.15) is 6.04 Å². The monoisotopic (exact) mass is 260 g/mol. The Morgan fingerprint density at radius 3 is 1.89 bits per heavy atom. The van der Waals surface area contributed by atoms with Gasteiger partial charge in [-0.1, -0.05) is 0 Å². The fourth-order valence-electron chi connectivity index (χ4n) is 1.74. The molecule has 6 nitrogen and oxygen atoms in total. The van der Waals surface area contributed by atoms with Crippen molar-refractivity contribution in [1.29, 1.82) is 0 Å². The second-order valence-electron chi connectivity index (χ2n) is 5.44. The van der Waals surface area contributed by atoms with E-state index in [1.54, 1.807) is 41.8 Å². The van der Waals surface area contributed by atoms with Gasteiger partial charge < -0.3 is 14.7 Å². The number of amides is 2. The maximum absolute atomic E-state index is 12.2. The Balaban J connectivity index is 5.52. The first kappa shape index (κ1) is 16.7. The highest BCUT2D eigenvalue weighted by molar-refractivity contribution is 5.86. The Bertz CT molecular complexity index is 310. The molecule has 0 spiro atoms. The SMILES string of the molecule is CO[C@H](C)[C@@H](C(=O)N(C)C)N(C(=O)O)C(C)(C)C. The minimum Gasteiger partial charge on any atom is -0.465 e. The molecule has 0 aromatic heterocycles. The number of hydrogen-bond acceptors (Lipinski definition) is 3. The van der Waals surface area contributed by atoms with Crippen LogP contribution in [-0.4, -0.2) is 65.8 Å². The number of methoxy groups -OCH3 is 1. The lowest BCUT2D eigenvalue weighted by molar-refractivity contribution is -0.141. The van der Waals surface area contributed by atoms with Crippen molar-refractivity contribution in [2.45, 2.75) is 45.4 Å². The number of carbonyl (C=O) groups is 2. The zero-order valence-corrected chi connectivity index (χ0v) is 12.2. The highest BCUT2D eigenvalue weighted by Crippen LogP contribution is 2.21. The Labute approximate surface area is 109 Å². The predicted octanol–water partition coefficient (Wildman–Crippen LogP) is 1.26. The standard InChI is InChI=1S/C12H24N2O4/c1-8(18-7)9(10(15)13(5)6)14(11(16)17)12(2,3)4/h8-9H,1-7H3,(H,16,17)/t8-,9+/m1/s1. The first-order valence-electron chi connectivity index (χ1n) is 5.80. The highest BCUT2D eigenvalue weighted by Gasteiger charge is 2.41. The zero-order chi connectivity index (χ0) is 14.7. The Morgan fingerprint density at radius 1 is 1.22 bits per heavy atom.